The van der Waals surface area contributed by atoms with Crippen molar-refractivity contribution in [3.05, 3.63) is 69.2 Å². The number of rotatable bonds is 5. The number of thiophene rings is 1. The summed E-state index contributed by atoms with van der Waals surface area (Å²) in [6.45, 7) is 7.11. The van der Waals surface area contributed by atoms with Gasteiger partial charge >= 0.3 is 12.1 Å². The van der Waals surface area contributed by atoms with Crippen molar-refractivity contribution in [2.24, 2.45) is 0 Å². The molecule has 14 heteroatoms. The molecule has 4 heterocycles. The molecule has 9 nitrogen and oxygen atoms in total. The molecule has 0 spiro atoms. The van der Waals surface area contributed by atoms with Gasteiger partial charge in [-0.05, 0) is 24.4 Å². The topological polar surface area (TPSA) is 104 Å². The van der Waals surface area contributed by atoms with Crippen LogP contribution in [0.15, 0.2) is 35.7 Å². The number of alkyl halides is 3. The van der Waals surface area contributed by atoms with Gasteiger partial charge in [0.05, 0.1) is 12.6 Å². The first-order valence-corrected chi connectivity index (χ1v) is 12.7. The van der Waals surface area contributed by atoms with Gasteiger partial charge in [0.1, 0.15) is 5.82 Å². The Labute approximate surface area is 219 Å². The number of carboxylic acid groups (broad SMARTS) is 1. The molecular weight excluding hydrogens is 528 g/mol. The number of aryl methyl sites for hydroxylation is 1. The van der Waals surface area contributed by atoms with Gasteiger partial charge in [-0.2, -0.15) is 13.2 Å². The lowest BCUT2D eigenvalue weighted by Crippen LogP contribution is -2.52. The van der Waals surface area contributed by atoms with E-state index in [1.807, 2.05) is 35.1 Å². The SMILES string of the molecule is Cc1ccc(F)c(CN2CCN3CCn4c(C(=O)NCc5cccs5)nnc4C3C2)c1.O=C(O)C(F)(F)F. The number of nitrogens with zero attached hydrogens (tertiary/aromatic N) is 5. The van der Waals surface area contributed by atoms with E-state index in [1.54, 1.807) is 23.5 Å². The zero-order chi connectivity index (χ0) is 27.4. The largest absolute Gasteiger partial charge is 0.490 e. The van der Waals surface area contributed by atoms with Crippen molar-refractivity contribution in [2.75, 3.05) is 26.2 Å². The number of hydrogen-bond donors (Lipinski definition) is 2. The average Bonchev–Trinajstić information content (AvgIpc) is 3.55. The maximum Gasteiger partial charge on any atom is 0.490 e. The van der Waals surface area contributed by atoms with E-state index in [9.17, 15) is 22.4 Å². The smallest absolute Gasteiger partial charge is 0.475 e. The molecule has 2 N–H and O–H groups in total. The Morgan fingerprint density at radius 1 is 1.16 bits per heavy atom. The minimum Gasteiger partial charge on any atom is -0.475 e. The molecule has 1 aromatic carbocycles. The van der Waals surface area contributed by atoms with E-state index in [4.69, 9.17) is 9.90 Å². The Balaban J connectivity index is 0.000000426. The van der Waals surface area contributed by atoms with E-state index in [0.717, 1.165) is 48.0 Å². The fraction of sp³-hybridized carbons (Fsp3) is 0.417. The van der Waals surface area contributed by atoms with Crippen molar-refractivity contribution < 1.29 is 32.3 Å². The maximum atomic E-state index is 14.3. The average molecular weight is 555 g/mol. The second-order valence-electron chi connectivity index (χ2n) is 8.98. The molecule has 0 aliphatic carbocycles. The van der Waals surface area contributed by atoms with Crippen molar-refractivity contribution in [3.8, 4) is 0 Å². The van der Waals surface area contributed by atoms with Crippen LogP contribution in [0.5, 0.6) is 0 Å². The molecular formula is C24H26F4N6O3S. The molecule has 1 amide bonds. The number of nitrogens with one attached hydrogen (secondary N) is 1. The van der Waals surface area contributed by atoms with Crippen molar-refractivity contribution in [2.45, 2.75) is 38.8 Å². The van der Waals surface area contributed by atoms with Gasteiger partial charge in [-0.25, -0.2) is 9.18 Å². The summed E-state index contributed by atoms with van der Waals surface area (Å²) in [4.78, 5) is 27.4. The summed E-state index contributed by atoms with van der Waals surface area (Å²) >= 11 is 1.61. The number of hydrogen-bond acceptors (Lipinski definition) is 7. The third kappa shape index (κ3) is 6.55. The van der Waals surface area contributed by atoms with Gasteiger partial charge in [0.25, 0.3) is 5.91 Å². The number of fused-ring (bicyclic) bond motifs is 3. The van der Waals surface area contributed by atoms with Gasteiger partial charge in [-0.1, -0.05) is 23.8 Å². The summed E-state index contributed by atoms with van der Waals surface area (Å²) in [6, 6.07) is 9.28. The first-order chi connectivity index (χ1) is 18.0. The fourth-order valence-electron chi connectivity index (χ4n) is 4.44. The van der Waals surface area contributed by atoms with Gasteiger partial charge in [-0.3, -0.25) is 14.6 Å². The highest BCUT2D eigenvalue weighted by Gasteiger charge is 2.38. The zero-order valence-corrected chi connectivity index (χ0v) is 21.2. The monoisotopic (exact) mass is 554 g/mol. The predicted octanol–water partition coefficient (Wildman–Crippen LogP) is 3.22. The Kier molecular flexibility index (Phi) is 8.43. The van der Waals surface area contributed by atoms with Gasteiger partial charge in [0.2, 0.25) is 5.82 Å². The van der Waals surface area contributed by atoms with Crippen molar-refractivity contribution in [1.82, 2.24) is 29.9 Å². The summed E-state index contributed by atoms with van der Waals surface area (Å²) < 4.78 is 47.9. The maximum absolute atomic E-state index is 14.3. The van der Waals surface area contributed by atoms with Gasteiger partial charge in [0.15, 0.2) is 5.82 Å². The number of amides is 1. The molecule has 2 aromatic heterocycles. The highest BCUT2D eigenvalue weighted by atomic mass is 32.1. The van der Waals surface area contributed by atoms with Gasteiger partial charge in [-0.15, -0.1) is 21.5 Å². The van der Waals surface area contributed by atoms with Crippen molar-refractivity contribution in [3.63, 3.8) is 0 Å². The summed E-state index contributed by atoms with van der Waals surface area (Å²) in [5.74, 6) is -1.93. The third-order valence-electron chi connectivity index (χ3n) is 6.31. The number of carbonyl (C=O) groups is 2. The lowest BCUT2D eigenvalue weighted by atomic mass is 10.1. The van der Waals surface area contributed by atoms with E-state index >= 15 is 0 Å². The third-order valence-corrected chi connectivity index (χ3v) is 7.18. The van der Waals surface area contributed by atoms with Crippen LogP contribution in [0.1, 0.15) is 38.5 Å². The molecule has 0 saturated carbocycles. The van der Waals surface area contributed by atoms with E-state index in [2.05, 4.69) is 25.3 Å². The second-order valence-corrected chi connectivity index (χ2v) is 10.0. The van der Waals surface area contributed by atoms with Crippen LogP contribution in [-0.2, 0) is 24.4 Å². The molecule has 1 atom stereocenters. The van der Waals surface area contributed by atoms with Crippen molar-refractivity contribution >= 4 is 23.2 Å². The van der Waals surface area contributed by atoms with Crippen LogP contribution < -0.4 is 5.32 Å². The van der Waals surface area contributed by atoms with Gasteiger partial charge < -0.3 is 15.0 Å². The molecule has 3 aromatic rings. The standard InChI is InChI=1S/C22H25FN6OS.C2HF3O2/c1-15-4-5-18(23)16(11-15)13-27-6-7-28-8-9-29-20(19(28)14-27)25-26-21(29)22(30)24-12-17-3-2-10-31-17;3-2(4,5)1(6)7/h2-5,10-11,19H,6-9,12-14H2,1H3,(H,24,30);(H,6,7). The van der Waals surface area contributed by atoms with E-state index in [-0.39, 0.29) is 17.8 Å². The summed E-state index contributed by atoms with van der Waals surface area (Å²) in [5.41, 5.74) is 1.78. The molecule has 5 rings (SSSR count). The molecule has 1 fully saturated rings. The molecule has 38 heavy (non-hydrogen) atoms. The van der Waals surface area contributed by atoms with Gasteiger partial charge in [0, 0.05) is 49.7 Å². The zero-order valence-electron chi connectivity index (χ0n) is 20.4. The molecule has 2 aliphatic heterocycles. The van der Waals surface area contributed by atoms with E-state index < -0.39 is 12.1 Å². The number of carboxylic acids is 1. The minimum absolute atomic E-state index is 0.0571. The molecule has 1 unspecified atom stereocenters. The lowest BCUT2D eigenvalue weighted by Gasteiger charge is -2.43. The Morgan fingerprint density at radius 3 is 2.58 bits per heavy atom. The predicted molar refractivity (Wildman–Crippen MR) is 130 cm³/mol. The highest BCUT2D eigenvalue weighted by molar-refractivity contribution is 7.09. The number of piperazine rings is 1. The number of benzene rings is 1. The molecule has 1 saturated heterocycles. The van der Waals surface area contributed by atoms with Crippen LogP contribution >= 0.6 is 11.3 Å². The molecule has 0 bridgehead atoms. The Hall–Kier alpha value is -3.36. The normalized spacial score (nSPS) is 17.7. The fourth-order valence-corrected chi connectivity index (χ4v) is 5.08. The molecule has 2 aliphatic rings. The van der Waals surface area contributed by atoms with Crippen molar-refractivity contribution in [1.29, 1.82) is 0 Å². The van der Waals surface area contributed by atoms with Crippen LogP contribution in [-0.4, -0.2) is 73.9 Å². The van der Waals surface area contributed by atoms with E-state index in [1.165, 1.54) is 0 Å². The van der Waals surface area contributed by atoms with E-state index in [0.29, 0.717) is 25.5 Å². The Morgan fingerprint density at radius 2 is 1.89 bits per heavy atom. The first-order valence-electron chi connectivity index (χ1n) is 11.8. The molecule has 204 valence electrons. The van der Waals surface area contributed by atoms with Crippen LogP contribution in [0.25, 0.3) is 0 Å². The minimum atomic E-state index is -5.08. The van der Waals surface area contributed by atoms with Crippen LogP contribution in [0.2, 0.25) is 0 Å². The summed E-state index contributed by atoms with van der Waals surface area (Å²) in [5, 5.41) is 20.7. The lowest BCUT2D eigenvalue weighted by molar-refractivity contribution is -0.192. The second kappa shape index (κ2) is 11.6. The van der Waals surface area contributed by atoms with Crippen LogP contribution in [0.3, 0.4) is 0 Å². The highest BCUT2D eigenvalue weighted by Crippen LogP contribution is 2.29. The Bertz CT molecular complexity index is 1280. The molecule has 0 radical (unpaired) electrons. The summed E-state index contributed by atoms with van der Waals surface area (Å²) in [6.07, 6.45) is -5.08. The quantitative estimate of drug-likeness (QED) is 0.467. The number of aromatic nitrogens is 3. The summed E-state index contributed by atoms with van der Waals surface area (Å²) in [7, 11) is 0. The van der Waals surface area contributed by atoms with Crippen LogP contribution in [0.4, 0.5) is 17.6 Å². The first kappa shape index (κ1) is 27.7. The number of halogens is 4. The number of carbonyl (C=O) groups excluding carboxylic acids is 1. The van der Waals surface area contributed by atoms with Crippen LogP contribution in [0, 0.1) is 12.7 Å². The number of aliphatic carboxylic acids is 1.